The van der Waals surface area contributed by atoms with Crippen LogP contribution < -0.4 is 15.6 Å². The summed E-state index contributed by atoms with van der Waals surface area (Å²) in [5.74, 6) is 0.538. The Kier molecular flexibility index (Phi) is 6.61. The molecule has 1 heterocycles. The van der Waals surface area contributed by atoms with Gasteiger partial charge in [-0.1, -0.05) is 49.2 Å². The summed E-state index contributed by atoms with van der Waals surface area (Å²) in [6, 6.07) is 14.8. The molecule has 6 nitrogen and oxygen atoms in total. The quantitative estimate of drug-likeness (QED) is 0.432. The minimum absolute atomic E-state index is 0.0135. The fourth-order valence-electron chi connectivity index (χ4n) is 4.03. The van der Waals surface area contributed by atoms with E-state index in [1.54, 1.807) is 13.2 Å². The normalized spacial score (nSPS) is 15.5. The Balaban J connectivity index is 1.63. The molecule has 0 aliphatic heterocycles. The lowest BCUT2D eigenvalue weighted by Crippen LogP contribution is -2.30. The Morgan fingerprint density at radius 1 is 1.16 bits per heavy atom. The van der Waals surface area contributed by atoms with Crippen molar-refractivity contribution in [2.75, 3.05) is 12.4 Å². The first-order chi connectivity index (χ1) is 15.1. The van der Waals surface area contributed by atoms with Gasteiger partial charge in [0.1, 0.15) is 5.75 Å². The van der Waals surface area contributed by atoms with E-state index in [-0.39, 0.29) is 17.5 Å². The number of aromatic nitrogens is 2. The van der Waals surface area contributed by atoms with Gasteiger partial charge in [-0.05, 0) is 44.0 Å². The topological polar surface area (TPSA) is 73.2 Å². The van der Waals surface area contributed by atoms with Crippen molar-refractivity contribution in [3.05, 3.63) is 58.9 Å². The highest BCUT2D eigenvalue weighted by molar-refractivity contribution is 8.00. The maximum absolute atomic E-state index is 13.4. The Morgan fingerprint density at radius 2 is 1.94 bits per heavy atom. The van der Waals surface area contributed by atoms with Gasteiger partial charge in [0, 0.05) is 17.8 Å². The van der Waals surface area contributed by atoms with E-state index in [0.717, 1.165) is 25.7 Å². The summed E-state index contributed by atoms with van der Waals surface area (Å²) >= 11 is 1.34. The smallest absolute Gasteiger partial charge is 0.262 e. The van der Waals surface area contributed by atoms with Crippen molar-refractivity contribution in [1.29, 1.82) is 0 Å². The highest BCUT2D eigenvalue weighted by Gasteiger charge is 2.25. The molecule has 0 unspecified atom stereocenters. The molecular formula is C24H27N3O3S. The van der Waals surface area contributed by atoms with Gasteiger partial charge < -0.3 is 10.1 Å². The van der Waals surface area contributed by atoms with Crippen molar-refractivity contribution in [2.24, 2.45) is 0 Å². The molecule has 1 aliphatic rings. The lowest BCUT2D eigenvalue weighted by molar-refractivity contribution is -0.115. The molecule has 0 saturated heterocycles. The summed E-state index contributed by atoms with van der Waals surface area (Å²) in [6.07, 6.45) is 5.36. The lowest BCUT2D eigenvalue weighted by atomic mass is 9.95. The van der Waals surface area contributed by atoms with E-state index < -0.39 is 5.25 Å². The molecule has 1 N–H and O–H groups in total. The SMILES string of the molecule is COc1cccc(NC(=O)[C@@H](C)Sc2nc3ccccc3c(=O)n2C2CCCCC2)c1. The van der Waals surface area contributed by atoms with Gasteiger partial charge in [0.15, 0.2) is 5.16 Å². The number of anilines is 1. The van der Waals surface area contributed by atoms with E-state index in [1.807, 2.05) is 54.0 Å². The van der Waals surface area contributed by atoms with Crippen molar-refractivity contribution in [3.8, 4) is 5.75 Å². The second-order valence-corrected chi connectivity index (χ2v) is 9.17. The number of hydrogen-bond donors (Lipinski definition) is 1. The highest BCUT2D eigenvalue weighted by Crippen LogP contribution is 2.32. The van der Waals surface area contributed by atoms with Gasteiger partial charge in [0.25, 0.3) is 5.56 Å². The second kappa shape index (κ2) is 9.56. The summed E-state index contributed by atoms with van der Waals surface area (Å²) in [7, 11) is 1.59. The first-order valence-corrected chi connectivity index (χ1v) is 11.6. The van der Waals surface area contributed by atoms with Gasteiger partial charge in [-0.2, -0.15) is 0 Å². The molecule has 1 atom stereocenters. The van der Waals surface area contributed by atoms with Crippen LogP contribution >= 0.6 is 11.8 Å². The summed E-state index contributed by atoms with van der Waals surface area (Å²) < 4.78 is 7.06. The van der Waals surface area contributed by atoms with Crippen molar-refractivity contribution in [2.45, 2.75) is 55.5 Å². The van der Waals surface area contributed by atoms with Crippen LogP contribution in [0.4, 0.5) is 5.69 Å². The summed E-state index contributed by atoms with van der Waals surface area (Å²) in [4.78, 5) is 31.0. The fourth-order valence-corrected chi connectivity index (χ4v) is 5.01. The van der Waals surface area contributed by atoms with Crippen LogP contribution in [0.25, 0.3) is 10.9 Å². The average molecular weight is 438 g/mol. The first-order valence-electron chi connectivity index (χ1n) is 10.7. The number of amides is 1. The zero-order chi connectivity index (χ0) is 21.8. The highest BCUT2D eigenvalue weighted by atomic mass is 32.2. The number of carbonyl (C=O) groups is 1. The maximum atomic E-state index is 13.4. The molecule has 7 heteroatoms. The molecule has 1 aromatic heterocycles. The third kappa shape index (κ3) is 4.77. The number of thioether (sulfide) groups is 1. The summed E-state index contributed by atoms with van der Waals surface area (Å²) in [6.45, 7) is 1.84. The molecule has 1 saturated carbocycles. The standard InChI is InChI=1S/C24H27N3O3S/c1-16(22(28)25-17-9-8-12-19(15-17)30-2)31-24-26-21-14-7-6-13-20(21)23(29)27(24)18-10-4-3-5-11-18/h6-9,12-16,18H,3-5,10-11H2,1-2H3,(H,25,28)/t16-/m1/s1. The minimum atomic E-state index is -0.422. The van der Waals surface area contributed by atoms with Crippen LogP contribution in [-0.2, 0) is 4.79 Å². The van der Waals surface area contributed by atoms with Gasteiger partial charge in [-0.3, -0.25) is 14.2 Å². The van der Waals surface area contributed by atoms with E-state index >= 15 is 0 Å². The largest absolute Gasteiger partial charge is 0.497 e. The van der Waals surface area contributed by atoms with Gasteiger partial charge in [0.2, 0.25) is 5.91 Å². The fraction of sp³-hybridized carbons (Fsp3) is 0.375. The van der Waals surface area contributed by atoms with Crippen LogP contribution in [0.15, 0.2) is 58.5 Å². The zero-order valence-corrected chi connectivity index (χ0v) is 18.7. The first kappa shape index (κ1) is 21.4. The molecule has 162 valence electrons. The number of benzene rings is 2. The number of fused-ring (bicyclic) bond motifs is 1. The summed E-state index contributed by atoms with van der Waals surface area (Å²) in [5, 5.41) is 3.76. The van der Waals surface area contributed by atoms with Crippen LogP contribution in [0.3, 0.4) is 0 Å². The molecule has 0 radical (unpaired) electrons. The third-order valence-corrected chi connectivity index (χ3v) is 6.77. The van der Waals surface area contributed by atoms with E-state index in [9.17, 15) is 9.59 Å². The predicted molar refractivity (Wildman–Crippen MR) is 125 cm³/mol. The van der Waals surface area contributed by atoms with Crippen LogP contribution in [0.2, 0.25) is 0 Å². The van der Waals surface area contributed by atoms with Crippen LogP contribution in [0.5, 0.6) is 5.75 Å². The number of rotatable bonds is 6. The predicted octanol–water partition coefficient (Wildman–Crippen LogP) is 5.03. The van der Waals surface area contributed by atoms with Gasteiger partial charge in [-0.25, -0.2) is 4.98 Å². The van der Waals surface area contributed by atoms with Crippen LogP contribution in [0.1, 0.15) is 45.1 Å². The molecule has 1 aliphatic carbocycles. The number of methoxy groups -OCH3 is 1. The molecule has 4 rings (SSSR count). The zero-order valence-electron chi connectivity index (χ0n) is 17.8. The Hall–Kier alpha value is -2.80. The molecule has 2 aromatic carbocycles. The number of ether oxygens (including phenoxy) is 1. The van der Waals surface area contributed by atoms with Crippen molar-refractivity contribution in [1.82, 2.24) is 9.55 Å². The Bertz CT molecular complexity index is 1140. The molecular weight excluding hydrogens is 410 g/mol. The third-order valence-electron chi connectivity index (χ3n) is 5.70. The minimum Gasteiger partial charge on any atom is -0.497 e. The number of nitrogens with one attached hydrogen (secondary N) is 1. The monoisotopic (exact) mass is 437 g/mol. The Morgan fingerprint density at radius 3 is 2.71 bits per heavy atom. The van der Waals surface area contributed by atoms with E-state index in [2.05, 4.69) is 5.32 Å². The molecule has 1 fully saturated rings. The molecule has 3 aromatic rings. The van der Waals surface area contributed by atoms with Crippen LogP contribution in [0, 0.1) is 0 Å². The molecule has 31 heavy (non-hydrogen) atoms. The van der Waals surface area contributed by atoms with Crippen molar-refractivity contribution < 1.29 is 9.53 Å². The van der Waals surface area contributed by atoms with Crippen molar-refractivity contribution in [3.63, 3.8) is 0 Å². The van der Waals surface area contributed by atoms with E-state index in [1.165, 1.54) is 18.2 Å². The second-order valence-electron chi connectivity index (χ2n) is 7.86. The number of para-hydroxylation sites is 1. The van der Waals surface area contributed by atoms with E-state index in [4.69, 9.17) is 9.72 Å². The van der Waals surface area contributed by atoms with Gasteiger partial charge >= 0.3 is 0 Å². The van der Waals surface area contributed by atoms with Crippen LogP contribution in [-0.4, -0.2) is 27.8 Å². The maximum Gasteiger partial charge on any atom is 0.262 e. The van der Waals surface area contributed by atoms with Crippen molar-refractivity contribution >= 4 is 34.3 Å². The number of nitrogens with zero attached hydrogens (tertiary/aromatic N) is 2. The van der Waals surface area contributed by atoms with E-state index in [0.29, 0.717) is 27.5 Å². The molecule has 0 spiro atoms. The summed E-state index contributed by atoms with van der Waals surface area (Å²) in [5.41, 5.74) is 1.33. The number of carbonyl (C=O) groups excluding carboxylic acids is 1. The molecule has 0 bridgehead atoms. The average Bonchev–Trinajstić information content (AvgIpc) is 2.80. The van der Waals surface area contributed by atoms with Gasteiger partial charge in [0.05, 0.1) is 23.3 Å². The van der Waals surface area contributed by atoms with Gasteiger partial charge in [-0.15, -0.1) is 0 Å². The number of hydrogen-bond acceptors (Lipinski definition) is 5. The Labute approximate surface area is 186 Å². The lowest BCUT2D eigenvalue weighted by Gasteiger charge is -2.26. The molecule has 1 amide bonds.